The van der Waals surface area contributed by atoms with Crippen molar-refractivity contribution >= 4 is 21.7 Å². The van der Waals surface area contributed by atoms with Crippen LogP contribution in [0, 0.1) is 0 Å². The summed E-state index contributed by atoms with van der Waals surface area (Å²) in [5.41, 5.74) is 0. The van der Waals surface area contributed by atoms with Crippen LogP contribution in [0.4, 0.5) is 0 Å². The fourth-order valence-electron chi connectivity index (χ4n) is 2.81. The number of carbonyl (C=O) groups is 2. The Kier molecular flexibility index (Phi) is 4.67. The molecule has 0 spiro atoms. The summed E-state index contributed by atoms with van der Waals surface area (Å²) in [4.78, 5) is 27.3. The second kappa shape index (κ2) is 6.11. The second-order valence-electron chi connectivity index (χ2n) is 5.68. The molecule has 0 aromatic carbocycles. The molecule has 0 bridgehead atoms. The highest BCUT2D eigenvalue weighted by Crippen LogP contribution is 2.17. The molecule has 1 atom stereocenters. The zero-order valence-electron chi connectivity index (χ0n) is 11.9. The summed E-state index contributed by atoms with van der Waals surface area (Å²) in [7, 11) is -1.52. The lowest BCUT2D eigenvalue weighted by Gasteiger charge is -2.26. The average molecular weight is 302 g/mol. The molecule has 2 heterocycles. The van der Waals surface area contributed by atoms with Crippen LogP contribution in [0.2, 0.25) is 0 Å². The zero-order valence-corrected chi connectivity index (χ0v) is 12.7. The third-order valence-electron chi connectivity index (χ3n) is 4.15. The molecule has 2 aliphatic heterocycles. The van der Waals surface area contributed by atoms with Crippen molar-refractivity contribution in [3.8, 4) is 0 Å². The van der Waals surface area contributed by atoms with E-state index in [-0.39, 0.29) is 17.5 Å². The summed E-state index contributed by atoms with van der Waals surface area (Å²) < 4.78 is 22.9. The van der Waals surface area contributed by atoms with Gasteiger partial charge in [0.1, 0.15) is 0 Å². The number of hydrogen-bond donors (Lipinski definition) is 0. The highest BCUT2D eigenvalue weighted by atomic mass is 32.2. The van der Waals surface area contributed by atoms with Crippen molar-refractivity contribution < 1.29 is 18.0 Å². The molecule has 2 aliphatic rings. The summed E-state index contributed by atoms with van der Waals surface area (Å²) in [6, 6.07) is -0.358. The largest absolute Gasteiger partial charge is 0.334 e. The number of amides is 2. The van der Waals surface area contributed by atoms with Gasteiger partial charge in [0.2, 0.25) is 0 Å². The van der Waals surface area contributed by atoms with E-state index in [1.807, 2.05) is 0 Å². The Morgan fingerprint density at radius 1 is 1.10 bits per heavy atom. The Morgan fingerprint density at radius 3 is 2.20 bits per heavy atom. The van der Waals surface area contributed by atoms with Gasteiger partial charge < -0.3 is 9.80 Å². The zero-order chi connectivity index (χ0) is 14.8. The van der Waals surface area contributed by atoms with Gasteiger partial charge in [-0.15, -0.1) is 0 Å². The van der Waals surface area contributed by atoms with E-state index in [0.717, 1.165) is 25.7 Å². The predicted octanol–water partition coefficient (Wildman–Crippen LogP) is 0.0345. The van der Waals surface area contributed by atoms with E-state index in [4.69, 9.17) is 0 Å². The van der Waals surface area contributed by atoms with Crippen LogP contribution in [0.1, 0.15) is 32.1 Å². The van der Waals surface area contributed by atoms with E-state index in [1.165, 1.54) is 11.9 Å². The number of sulfone groups is 1. The van der Waals surface area contributed by atoms with Crippen molar-refractivity contribution in [3.63, 3.8) is 0 Å². The molecule has 0 N–H and O–H groups in total. The molecule has 2 rings (SSSR count). The Morgan fingerprint density at radius 2 is 1.70 bits per heavy atom. The molecule has 0 aromatic rings. The van der Waals surface area contributed by atoms with Gasteiger partial charge in [-0.2, -0.15) is 0 Å². The Hall–Kier alpha value is -1.11. The molecule has 2 saturated heterocycles. The quantitative estimate of drug-likeness (QED) is 0.641. The molecule has 2 fully saturated rings. The average Bonchev–Trinajstić information content (AvgIpc) is 2.64. The number of likely N-dealkylation sites (tertiary alicyclic amines) is 1. The maximum atomic E-state index is 12.2. The maximum absolute atomic E-state index is 12.2. The van der Waals surface area contributed by atoms with Crippen LogP contribution in [0.5, 0.6) is 0 Å². The number of carbonyl (C=O) groups excluding carboxylic acids is 2. The minimum atomic E-state index is -3.05. The highest BCUT2D eigenvalue weighted by Gasteiger charge is 2.36. The first-order valence-electron chi connectivity index (χ1n) is 7.17. The summed E-state index contributed by atoms with van der Waals surface area (Å²) in [5, 5.41) is 0. The lowest BCUT2D eigenvalue weighted by atomic mass is 10.2. The first-order chi connectivity index (χ1) is 9.41. The predicted molar refractivity (Wildman–Crippen MR) is 74.9 cm³/mol. The molecule has 7 heteroatoms. The highest BCUT2D eigenvalue weighted by molar-refractivity contribution is 7.91. The van der Waals surface area contributed by atoms with Crippen molar-refractivity contribution in [1.82, 2.24) is 9.80 Å². The van der Waals surface area contributed by atoms with Gasteiger partial charge in [0.15, 0.2) is 9.84 Å². The molecule has 0 aliphatic carbocycles. The molecule has 2 amide bonds. The van der Waals surface area contributed by atoms with Crippen molar-refractivity contribution in [2.75, 3.05) is 31.6 Å². The van der Waals surface area contributed by atoms with Gasteiger partial charge in [0.25, 0.3) is 0 Å². The van der Waals surface area contributed by atoms with E-state index >= 15 is 0 Å². The lowest BCUT2D eigenvalue weighted by molar-refractivity contribution is -0.152. The Balaban J connectivity index is 1.97. The second-order valence-corrected chi connectivity index (χ2v) is 7.91. The third-order valence-corrected chi connectivity index (χ3v) is 5.90. The fraction of sp³-hybridized carbons (Fsp3) is 0.846. The molecule has 0 radical (unpaired) electrons. The van der Waals surface area contributed by atoms with Crippen LogP contribution >= 0.6 is 0 Å². The van der Waals surface area contributed by atoms with Crippen LogP contribution in [-0.4, -0.2) is 67.7 Å². The fourth-order valence-corrected chi connectivity index (χ4v) is 4.58. The molecule has 1 unspecified atom stereocenters. The van der Waals surface area contributed by atoms with E-state index in [0.29, 0.717) is 19.5 Å². The van der Waals surface area contributed by atoms with Crippen molar-refractivity contribution in [3.05, 3.63) is 0 Å². The summed E-state index contributed by atoms with van der Waals surface area (Å²) in [6.07, 6.45) is 4.47. The molecule has 114 valence electrons. The van der Waals surface area contributed by atoms with Gasteiger partial charge in [-0.3, -0.25) is 9.59 Å². The van der Waals surface area contributed by atoms with Crippen LogP contribution in [0.15, 0.2) is 0 Å². The van der Waals surface area contributed by atoms with Crippen molar-refractivity contribution in [2.45, 2.75) is 38.1 Å². The standard InChI is InChI=1S/C13H22N2O4S/c1-14(11-6-9-20(18,19)10-11)12(16)13(17)15-7-4-2-3-5-8-15/h11H,2-10H2,1H3. The van der Waals surface area contributed by atoms with Crippen LogP contribution < -0.4 is 0 Å². The Bertz CT molecular complexity index is 481. The van der Waals surface area contributed by atoms with Gasteiger partial charge in [0.05, 0.1) is 11.5 Å². The molecule has 0 saturated carbocycles. The third kappa shape index (κ3) is 3.50. The molecule has 20 heavy (non-hydrogen) atoms. The van der Waals surface area contributed by atoms with Gasteiger partial charge in [-0.05, 0) is 19.3 Å². The summed E-state index contributed by atoms with van der Waals surface area (Å²) >= 11 is 0. The van der Waals surface area contributed by atoms with E-state index in [2.05, 4.69) is 0 Å². The normalized spacial score (nSPS) is 26.1. The topological polar surface area (TPSA) is 74.8 Å². The smallest absolute Gasteiger partial charge is 0.312 e. The molecular formula is C13H22N2O4S. The van der Waals surface area contributed by atoms with Gasteiger partial charge >= 0.3 is 11.8 Å². The van der Waals surface area contributed by atoms with Crippen molar-refractivity contribution in [2.24, 2.45) is 0 Å². The monoisotopic (exact) mass is 302 g/mol. The number of likely N-dealkylation sites (N-methyl/N-ethyl adjacent to an activating group) is 1. The molecule has 0 aromatic heterocycles. The maximum Gasteiger partial charge on any atom is 0.312 e. The van der Waals surface area contributed by atoms with Crippen molar-refractivity contribution in [1.29, 1.82) is 0 Å². The minimum Gasteiger partial charge on any atom is -0.334 e. The van der Waals surface area contributed by atoms with Gasteiger partial charge in [-0.25, -0.2) is 8.42 Å². The van der Waals surface area contributed by atoms with Gasteiger partial charge in [0, 0.05) is 26.2 Å². The van der Waals surface area contributed by atoms with Crippen LogP contribution in [-0.2, 0) is 19.4 Å². The lowest BCUT2D eigenvalue weighted by Crippen LogP contribution is -2.48. The Labute approximate surface area is 120 Å². The first kappa shape index (κ1) is 15.3. The first-order valence-corrected chi connectivity index (χ1v) is 8.99. The van der Waals surface area contributed by atoms with E-state index in [1.54, 1.807) is 4.90 Å². The van der Waals surface area contributed by atoms with Crippen LogP contribution in [0.25, 0.3) is 0 Å². The minimum absolute atomic E-state index is 0.0253. The van der Waals surface area contributed by atoms with E-state index < -0.39 is 21.7 Å². The SMILES string of the molecule is CN(C(=O)C(=O)N1CCCCCC1)C1CCS(=O)(=O)C1. The molecular weight excluding hydrogens is 280 g/mol. The number of hydrogen-bond acceptors (Lipinski definition) is 4. The number of nitrogens with zero attached hydrogens (tertiary/aromatic N) is 2. The van der Waals surface area contributed by atoms with E-state index in [9.17, 15) is 18.0 Å². The van der Waals surface area contributed by atoms with Gasteiger partial charge in [-0.1, -0.05) is 12.8 Å². The van der Waals surface area contributed by atoms with Crippen LogP contribution in [0.3, 0.4) is 0 Å². The molecule has 6 nitrogen and oxygen atoms in total. The summed E-state index contributed by atoms with van der Waals surface area (Å²) in [6.45, 7) is 1.25. The number of rotatable bonds is 1. The summed E-state index contributed by atoms with van der Waals surface area (Å²) in [5.74, 6) is -0.983.